The molecule has 0 aromatic heterocycles. The molecule has 0 fully saturated rings. The second-order valence-electron chi connectivity index (χ2n) is 0. The Hall–Kier alpha value is 3.08. The molecule has 0 rings (SSSR count). The van der Waals surface area contributed by atoms with Crippen molar-refractivity contribution in [2.24, 2.45) is 0 Å². The summed E-state index contributed by atoms with van der Waals surface area (Å²) in [6.07, 6.45) is 0. The molecule has 0 radical (unpaired) electrons. The van der Waals surface area contributed by atoms with Crippen LogP contribution in [0.15, 0.2) is 0 Å². The Bertz CT molecular complexity index is 12.0. The van der Waals surface area contributed by atoms with Crippen LogP contribution in [-0.2, 0) is 0 Å². The van der Waals surface area contributed by atoms with Gasteiger partial charge in [0.15, 0.2) is 0 Å². The second kappa shape index (κ2) is 87.6. The minimum atomic E-state index is 0. The molecule has 2 N–H and O–H groups in total. The van der Waals surface area contributed by atoms with E-state index in [0.717, 1.165) is 0 Å². The molecule has 0 unspecified atom stereocenters. The van der Waals surface area contributed by atoms with Gasteiger partial charge in [-0.15, -0.1) is 0 Å². The van der Waals surface area contributed by atoms with Gasteiger partial charge in [0.1, 0.15) is 0 Å². The van der Waals surface area contributed by atoms with Crippen molar-refractivity contribution >= 4 is 33.6 Å². The average Bonchev–Trinajstić information content (AvgIpc) is 1.50. The molecule has 0 bridgehead atoms. The molecule has 0 saturated carbocycles. The van der Waals surface area contributed by atoms with Gasteiger partial charge < -0.3 is 22.5 Å². The quantitative estimate of drug-likeness (QED) is 0.375. The first kappa shape index (κ1) is 43.6. The van der Waals surface area contributed by atoms with Gasteiger partial charge >= 0.3 is 59.1 Å². The van der Waals surface area contributed by atoms with Crippen molar-refractivity contribution in [1.29, 1.82) is 0 Å². The Kier molecular flexibility index (Phi) is 478. The standard InChI is InChI=1S/Cl2.ClO.ClH.2Na.H2O/c2*1-2;;;;/h;;1H;;;1H2/q;-1;;2*+1;/p-1. The van der Waals surface area contributed by atoms with E-state index >= 15 is 0 Å². The number of hydrogen-bond acceptors (Lipinski definition) is 1. The maximum absolute atomic E-state index is 7.72. The first-order valence-corrected chi connectivity index (χ1v) is 1.75. The molecule has 0 amide bonds. The first-order valence-electron chi connectivity index (χ1n) is 0.297. The van der Waals surface area contributed by atoms with E-state index in [-0.39, 0.29) is 77.0 Å². The molecule has 0 atom stereocenters. The number of halogens is 4. The first-order chi connectivity index (χ1) is 2.00. The van der Waals surface area contributed by atoms with Gasteiger partial charge in [-0.3, -0.25) is 0 Å². The van der Waals surface area contributed by atoms with Crippen molar-refractivity contribution in [2.75, 3.05) is 0 Å². The van der Waals surface area contributed by atoms with Crippen LogP contribution in [0.4, 0.5) is 0 Å². The van der Waals surface area contributed by atoms with Crippen LogP contribution >= 0.6 is 33.6 Å². The molecule has 0 heterocycles. The maximum atomic E-state index is 7.72. The molecule has 0 aliphatic heterocycles. The Balaban J connectivity index is -0.00000000167. The summed E-state index contributed by atoms with van der Waals surface area (Å²) in [5.41, 5.74) is 0. The third-order valence-electron chi connectivity index (χ3n) is 0. The Morgan fingerprint density at radius 2 is 0.875 bits per heavy atom. The summed E-state index contributed by atoms with van der Waals surface area (Å²) in [7, 11) is 8.22. The zero-order valence-electron chi connectivity index (χ0n) is 4.42. The van der Waals surface area contributed by atoms with Gasteiger partial charge in [-0.25, -0.2) is 11.9 Å². The minimum Gasteiger partial charge on any atom is -1.00 e. The van der Waals surface area contributed by atoms with E-state index < -0.39 is 0 Å². The molecule has 0 aromatic carbocycles. The van der Waals surface area contributed by atoms with Crippen LogP contribution in [0.1, 0.15) is 0 Å². The molecule has 8 heteroatoms. The second-order valence-corrected chi connectivity index (χ2v) is 0. The maximum Gasteiger partial charge on any atom is 1.00 e. The van der Waals surface area contributed by atoms with Gasteiger partial charge in [0, 0.05) is 21.7 Å². The van der Waals surface area contributed by atoms with Crippen LogP contribution in [0.25, 0.3) is 0 Å². The molecule has 0 saturated heterocycles. The van der Waals surface area contributed by atoms with Gasteiger partial charge in [0.2, 0.25) is 0 Å². The summed E-state index contributed by atoms with van der Waals surface area (Å²) < 4.78 is 7.72. The predicted octanol–water partition coefficient (Wildman–Crippen LogP) is -8.93. The molecule has 0 aromatic rings. The summed E-state index contributed by atoms with van der Waals surface area (Å²) in [4.78, 5) is 0. The van der Waals surface area contributed by atoms with Gasteiger partial charge in [-0.1, -0.05) is 0 Å². The number of rotatable bonds is 0. The Morgan fingerprint density at radius 1 is 0.875 bits per heavy atom. The van der Waals surface area contributed by atoms with E-state index in [1.165, 1.54) is 0 Å². The molecular weight excluding hydrogens is 220 g/mol. The molecule has 2 nitrogen and oxygen atoms in total. The fourth-order valence-electron chi connectivity index (χ4n) is 0. The normalized spacial score (nSPS) is 1.50. The van der Waals surface area contributed by atoms with Gasteiger partial charge in [0.25, 0.3) is 0 Å². The molecule has 0 spiro atoms. The van der Waals surface area contributed by atoms with Crippen LogP contribution in [0.2, 0.25) is 0 Å². The van der Waals surface area contributed by atoms with Crippen LogP contribution in [-0.4, -0.2) is 5.48 Å². The predicted molar refractivity (Wildman–Crippen MR) is 21.2 cm³/mol. The van der Waals surface area contributed by atoms with Crippen LogP contribution < -0.4 is 76.2 Å². The fourth-order valence-corrected chi connectivity index (χ4v) is 0. The third-order valence-corrected chi connectivity index (χ3v) is 0. The van der Waals surface area contributed by atoms with E-state index in [1.807, 2.05) is 0 Å². The molecule has 8 heavy (non-hydrogen) atoms. The number of hydrogen-bond donors (Lipinski definition) is 0. The van der Waals surface area contributed by atoms with E-state index in [1.54, 1.807) is 0 Å². The van der Waals surface area contributed by atoms with E-state index in [9.17, 15) is 0 Å². The molecule has 0 aliphatic rings. The fraction of sp³-hybridized carbons (Fsp3) is 0. The summed E-state index contributed by atoms with van der Waals surface area (Å²) in [5.74, 6) is 0. The SMILES string of the molecule is ClCl.O.[Cl-].[Na+].[Na+].[O-]Cl. The summed E-state index contributed by atoms with van der Waals surface area (Å²) >= 11 is 3.39. The van der Waals surface area contributed by atoms with Gasteiger partial charge in [-0.05, 0) is 0 Å². The van der Waals surface area contributed by atoms with Gasteiger partial charge in [0.05, 0.1) is 0 Å². The largest absolute Gasteiger partial charge is 1.00 e. The van der Waals surface area contributed by atoms with Crippen molar-refractivity contribution in [2.45, 2.75) is 0 Å². The summed E-state index contributed by atoms with van der Waals surface area (Å²) in [5, 5.41) is 0. The van der Waals surface area contributed by atoms with Crippen LogP contribution in [0, 0.1) is 0 Å². The zero-order chi connectivity index (χ0) is 4.00. The van der Waals surface area contributed by atoms with Crippen molar-refractivity contribution < 1.29 is 81.7 Å². The third kappa shape index (κ3) is 62.5. The minimum absolute atomic E-state index is 0. The van der Waals surface area contributed by atoms with Crippen molar-refractivity contribution in [3.05, 3.63) is 0 Å². The molecular formula is H2Cl4Na2O2. The molecule has 44 valence electrons. The van der Waals surface area contributed by atoms with Gasteiger partial charge in [-0.2, -0.15) is 0 Å². The van der Waals surface area contributed by atoms with E-state index in [2.05, 4.69) is 33.6 Å². The molecule has 0 aliphatic carbocycles. The smallest absolute Gasteiger partial charge is 1.00 e. The van der Waals surface area contributed by atoms with Crippen molar-refractivity contribution in [3.63, 3.8) is 0 Å². The monoisotopic (exact) mass is 220 g/mol. The Labute approximate surface area is 113 Å². The van der Waals surface area contributed by atoms with Crippen LogP contribution in [0.5, 0.6) is 0 Å². The van der Waals surface area contributed by atoms with Crippen molar-refractivity contribution in [1.82, 2.24) is 0 Å². The van der Waals surface area contributed by atoms with E-state index in [0.29, 0.717) is 0 Å². The van der Waals surface area contributed by atoms with E-state index in [4.69, 9.17) is 4.66 Å². The van der Waals surface area contributed by atoms with Crippen molar-refractivity contribution in [3.8, 4) is 0 Å². The summed E-state index contributed by atoms with van der Waals surface area (Å²) in [6.45, 7) is 0. The zero-order valence-corrected chi connectivity index (χ0v) is 11.4. The summed E-state index contributed by atoms with van der Waals surface area (Å²) in [6, 6.07) is 0. The van der Waals surface area contributed by atoms with Crippen LogP contribution in [0.3, 0.4) is 0 Å². The topological polar surface area (TPSA) is 54.6 Å². The Morgan fingerprint density at radius 3 is 0.875 bits per heavy atom. The average molecular weight is 222 g/mol.